The van der Waals surface area contributed by atoms with Gasteiger partial charge >= 0.3 is 6.18 Å². The molecule has 0 atom stereocenters. The number of allylic oxidation sites excluding steroid dienone is 1. The van der Waals surface area contributed by atoms with Crippen molar-refractivity contribution in [3.63, 3.8) is 0 Å². The number of carbonyl (C=O) groups excluding carboxylic acids is 1. The summed E-state index contributed by atoms with van der Waals surface area (Å²) in [4.78, 5) is 12.8. The first-order valence-corrected chi connectivity index (χ1v) is 8.69. The number of hydrogen-bond acceptors (Lipinski definition) is 3. The lowest BCUT2D eigenvalue weighted by Crippen LogP contribution is -2.50. The Kier molecular flexibility index (Phi) is 5.34. The van der Waals surface area contributed by atoms with E-state index in [-0.39, 0.29) is 32.1 Å². The summed E-state index contributed by atoms with van der Waals surface area (Å²) in [7, 11) is -4.03. The Labute approximate surface area is 138 Å². The van der Waals surface area contributed by atoms with Crippen LogP contribution in [-0.2, 0) is 21.0 Å². The Morgan fingerprint density at radius 1 is 1.17 bits per heavy atom. The minimum Gasteiger partial charge on any atom is -0.337 e. The van der Waals surface area contributed by atoms with E-state index < -0.39 is 26.7 Å². The molecule has 0 spiro atoms. The lowest BCUT2D eigenvalue weighted by molar-refractivity contribution is -0.137. The molecule has 1 fully saturated rings. The van der Waals surface area contributed by atoms with Gasteiger partial charge in [-0.05, 0) is 31.2 Å². The second-order valence-corrected chi connectivity index (χ2v) is 7.19. The van der Waals surface area contributed by atoms with Crippen LogP contribution in [0.2, 0.25) is 0 Å². The maximum atomic E-state index is 12.8. The third-order valence-electron chi connectivity index (χ3n) is 3.66. The van der Waals surface area contributed by atoms with Gasteiger partial charge in [0, 0.05) is 26.2 Å². The van der Waals surface area contributed by atoms with Gasteiger partial charge in [-0.25, -0.2) is 8.42 Å². The Hall–Kier alpha value is -1.87. The molecule has 5 nitrogen and oxygen atoms in total. The van der Waals surface area contributed by atoms with Gasteiger partial charge < -0.3 is 4.90 Å². The second-order valence-electron chi connectivity index (χ2n) is 5.25. The van der Waals surface area contributed by atoms with Gasteiger partial charge in [0.1, 0.15) is 0 Å². The standard InChI is InChI=1S/C15H17F3N2O3S/c1-2-4-14(21)19-7-9-20(10-8-19)24(22,23)13-6-3-5-12(11-13)15(16,17)18/h2-6,11H,7-10H2,1H3/b4-2+. The molecule has 1 heterocycles. The van der Waals surface area contributed by atoms with Crippen LogP contribution in [0.25, 0.3) is 0 Å². The van der Waals surface area contributed by atoms with Crippen molar-refractivity contribution >= 4 is 15.9 Å². The molecule has 1 aliphatic rings. The highest BCUT2D eigenvalue weighted by Gasteiger charge is 2.34. The van der Waals surface area contributed by atoms with E-state index in [1.807, 2.05) is 0 Å². The lowest BCUT2D eigenvalue weighted by atomic mass is 10.2. The van der Waals surface area contributed by atoms with Crippen molar-refractivity contribution in [3.8, 4) is 0 Å². The smallest absolute Gasteiger partial charge is 0.337 e. The Bertz CT molecular complexity index is 737. The largest absolute Gasteiger partial charge is 0.416 e. The fourth-order valence-corrected chi connectivity index (χ4v) is 3.85. The number of piperazine rings is 1. The van der Waals surface area contributed by atoms with Gasteiger partial charge in [0.2, 0.25) is 15.9 Å². The van der Waals surface area contributed by atoms with E-state index in [0.29, 0.717) is 6.07 Å². The number of rotatable bonds is 3. The fraction of sp³-hybridized carbons (Fsp3) is 0.400. The lowest BCUT2D eigenvalue weighted by Gasteiger charge is -2.33. The van der Waals surface area contributed by atoms with E-state index in [1.54, 1.807) is 13.0 Å². The molecule has 0 radical (unpaired) electrons. The fourth-order valence-electron chi connectivity index (χ4n) is 2.38. The highest BCUT2D eigenvalue weighted by Crippen LogP contribution is 2.31. The maximum absolute atomic E-state index is 12.8. The number of halogens is 3. The molecule has 0 saturated carbocycles. The van der Waals surface area contributed by atoms with Crippen LogP contribution in [0.4, 0.5) is 13.2 Å². The first kappa shape index (κ1) is 18.5. The Balaban J connectivity index is 2.17. The average Bonchev–Trinajstić information content (AvgIpc) is 2.54. The number of alkyl halides is 3. The van der Waals surface area contributed by atoms with E-state index in [9.17, 15) is 26.4 Å². The van der Waals surface area contributed by atoms with Crippen LogP contribution < -0.4 is 0 Å². The van der Waals surface area contributed by atoms with E-state index >= 15 is 0 Å². The molecule has 1 aliphatic heterocycles. The monoisotopic (exact) mass is 362 g/mol. The summed E-state index contributed by atoms with van der Waals surface area (Å²) in [5, 5.41) is 0. The van der Waals surface area contributed by atoms with Crippen molar-refractivity contribution in [2.75, 3.05) is 26.2 Å². The van der Waals surface area contributed by atoms with Gasteiger partial charge in [0.05, 0.1) is 10.5 Å². The molecule has 1 amide bonds. The van der Waals surface area contributed by atoms with Gasteiger partial charge in [-0.3, -0.25) is 4.79 Å². The van der Waals surface area contributed by atoms with Crippen LogP contribution in [-0.4, -0.2) is 49.7 Å². The van der Waals surface area contributed by atoms with Gasteiger partial charge in [0.15, 0.2) is 0 Å². The Morgan fingerprint density at radius 3 is 2.33 bits per heavy atom. The molecule has 132 valence electrons. The van der Waals surface area contributed by atoms with Crippen molar-refractivity contribution in [1.82, 2.24) is 9.21 Å². The molecule has 1 aromatic rings. The summed E-state index contributed by atoms with van der Waals surface area (Å²) in [6.07, 6.45) is -1.63. The third kappa shape index (κ3) is 3.96. The van der Waals surface area contributed by atoms with Crippen molar-refractivity contribution in [1.29, 1.82) is 0 Å². The highest BCUT2D eigenvalue weighted by molar-refractivity contribution is 7.89. The summed E-state index contributed by atoms with van der Waals surface area (Å²) in [5.41, 5.74) is -1.01. The van der Waals surface area contributed by atoms with E-state index in [0.717, 1.165) is 22.5 Å². The first-order chi connectivity index (χ1) is 11.2. The predicted octanol–water partition coefficient (Wildman–Crippen LogP) is 2.11. The molecule has 0 aliphatic carbocycles. The van der Waals surface area contributed by atoms with E-state index in [2.05, 4.69) is 0 Å². The molecule has 0 N–H and O–H groups in total. The minimum atomic E-state index is -4.61. The van der Waals surface area contributed by atoms with E-state index in [4.69, 9.17) is 0 Å². The van der Waals surface area contributed by atoms with E-state index in [1.165, 1.54) is 11.0 Å². The molecule has 0 aromatic heterocycles. The minimum absolute atomic E-state index is 0.0435. The molecule has 1 aromatic carbocycles. The number of amides is 1. The molecule has 1 saturated heterocycles. The van der Waals surface area contributed by atoms with Crippen molar-refractivity contribution in [2.24, 2.45) is 0 Å². The second kappa shape index (κ2) is 6.94. The number of carbonyl (C=O) groups is 1. The number of benzene rings is 1. The highest BCUT2D eigenvalue weighted by atomic mass is 32.2. The summed E-state index contributed by atoms with van der Waals surface area (Å²) < 4.78 is 64.4. The number of hydrogen-bond donors (Lipinski definition) is 0. The zero-order valence-electron chi connectivity index (χ0n) is 13.0. The van der Waals surface area contributed by atoms with Crippen LogP contribution >= 0.6 is 0 Å². The summed E-state index contributed by atoms with van der Waals surface area (Å²) >= 11 is 0. The summed E-state index contributed by atoms with van der Waals surface area (Å²) in [6, 6.07) is 3.67. The van der Waals surface area contributed by atoms with Crippen molar-refractivity contribution in [3.05, 3.63) is 42.0 Å². The zero-order chi connectivity index (χ0) is 18.0. The molecule has 0 unspecified atom stereocenters. The van der Waals surface area contributed by atoms with Crippen LogP contribution in [0, 0.1) is 0 Å². The third-order valence-corrected chi connectivity index (χ3v) is 5.55. The molecular weight excluding hydrogens is 345 g/mol. The summed E-state index contributed by atoms with van der Waals surface area (Å²) in [6.45, 7) is 2.18. The molecule has 9 heteroatoms. The van der Waals surface area contributed by atoms with Crippen LogP contribution in [0.5, 0.6) is 0 Å². The van der Waals surface area contributed by atoms with Gasteiger partial charge in [-0.15, -0.1) is 0 Å². The van der Waals surface area contributed by atoms with Crippen molar-refractivity contribution in [2.45, 2.75) is 18.0 Å². The van der Waals surface area contributed by atoms with Gasteiger partial charge in [0.25, 0.3) is 0 Å². The first-order valence-electron chi connectivity index (χ1n) is 7.25. The van der Waals surface area contributed by atoms with Crippen LogP contribution in [0.3, 0.4) is 0 Å². The molecular formula is C15H17F3N2O3S. The normalized spacial score (nSPS) is 17.4. The number of sulfonamides is 1. The summed E-state index contributed by atoms with van der Waals surface area (Å²) in [5.74, 6) is -0.214. The topological polar surface area (TPSA) is 57.7 Å². The predicted molar refractivity (Wildman–Crippen MR) is 81.6 cm³/mol. The maximum Gasteiger partial charge on any atom is 0.416 e. The molecule has 0 bridgehead atoms. The molecule has 24 heavy (non-hydrogen) atoms. The quantitative estimate of drug-likeness (QED) is 0.774. The van der Waals surface area contributed by atoms with Crippen LogP contribution in [0.1, 0.15) is 12.5 Å². The molecule has 2 rings (SSSR count). The Morgan fingerprint density at radius 2 is 1.79 bits per heavy atom. The van der Waals surface area contributed by atoms with Crippen LogP contribution in [0.15, 0.2) is 41.3 Å². The van der Waals surface area contributed by atoms with Gasteiger partial charge in [-0.1, -0.05) is 12.1 Å². The number of nitrogens with zero attached hydrogens (tertiary/aromatic N) is 2. The average molecular weight is 362 g/mol. The van der Waals surface area contributed by atoms with Crippen molar-refractivity contribution < 1.29 is 26.4 Å². The SMILES string of the molecule is C/C=C/C(=O)N1CCN(S(=O)(=O)c2cccc(C(F)(F)F)c2)CC1. The zero-order valence-corrected chi connectivity index (χ0v) is 13.8. The van der Waals surface area contributed by atoms with Gasteiger partial charge in [-0.2, -0.15) is 17.5 Å².